The number of carboxylic acids is 1. The van der Waals surface area contributed by atoms with Gasteiger partial charge in [-0.25, -0.2) is 9.69 Å². The fourth-order valence-electron chi connectivity index (χ4n) is 2.34. The number of aromatic carboxylic acids is 1. The predicted molar refractivity (Wildman–Crippen MR) is 88.8 cm³/mol. The van der Waals surface area contributed by atoms with Gasteiger partial charge >= 0.3 is 5.97 Å². The molecule has 120 valence electrons. The maximum absolute atomic E-state index is 12.6. The van der Waals surface area contributed by atoms with Gasteiger partial charge in [0.25, 0.3) is 11.8 Å². The lowest BCUT2D eigenvalue weighted by molar-refractivity contribution is -0.120. The number of nitrogens with zero attached hydrogens (tertiary/aromatic N) is 1. The third-order valence-corrected chi connectivity index (χ3v) is 3.81. The lowest BCUT2D eigenvalue weighted by Gasteiger charge is -2.15. The summed E-state index contributed by atoms with van der Waals surface area (Å²) in [5.41, 5.74) is 0.371. The molecule has 1 aliphatic rings. The summed E-state index contributed by atoms with van der Waals surface area (Å²) >= 11 is 6.01. The van der Waals surface area contributed by atoms with Gasteiger partial charge in [-0.15, -0.1) is 0 Å². The van der Waals surface area contributed by atoms with Crippen molar-refractivity contribution in [1.29, 1.82) is 0 Å². The van der Waals surface area contributed by atoms with E-state index in [0.29, 0.717) is 5.69 Å². The minimum absolute atomic E-state index is 0.0344. The molecule has 3 rings (SSSR count). The molecule has 2 aromatic rings. The number of carbonyl (C=O) groups excluding carboxylic acids is 2. The van der Waals surface area contributed by atoms with Crippen LogP contribution in [-0.4, -0.2) is 22.9 Å². The van der Waals surface area contributed by atoms with Crippen molar-refractivity contribution < 1.29 is 19.5 Å². The summed E-state index contributed by atoms with van der Waals surface area (Å²) in [6.45, 7) is 0. The highest BCUT2D eigenvalue weighted by atomic mass is 35.5. The van der Waals surface area contributed by atoms with Crippen LogP contribution in [0.4, 0.5) is 11.4 Å². The second-order valence-corrected chi connectivity index (χ2v) is 5.32. The smallest absolute Gasteiger partial charge is 0.337 e. The summed E-state index contributed by atoms with van der Waals surface area (Å²) in [7, 11) is 0. The van der Waals surface area contributed by atoms with Crippen LogP contribution in [0.15, 0.2) is 65.3 Å². The number of para-hydroxylation sites is 2. The summed E-state index contributed by atoms with van der Waals surface area (Å²) in [6.07, 6.45) is 0. The standard InChI is InChI=1S/C17H11ClN2O4/c18-13-14(19-12-9-5-4-8-11(12)17(23)24)16(22)20(15(13)21)10-6-2-1-3-7-10/h1-9,19H,(H,23,24). The fourth-order valence-corrected chi connectivity index (χ4v) is 2.55. The average molecular weight is 343 g/mol. The molecule has 0 radical (unpaired) electrons. The Kier molecular flexibility index (Phi) is 4.05. The van der Waals surface area contributed by atoms with E-state index in [0.717, 1.165) is 4.90 Å². The summed E-state index contributed by atoms with van der Waals surface area (Å²) in [5.74, 6) is -2.47. The molecule has 0 bridgehead atoms. The zero-order chi connectivity index (χ0) is 17.3. The number of carboxylic acid groups (broad SMARTS) is 1. The zero-order valence-electron chi connectivity index (χ0n) is 12.2. The van der Waals surface area contributed by atoms with E-state index in [9.17, 15) is 19.5 Å². The van der Waals surface area contributed by atoms with Gasteiger partial charge in [0.05, 0.1) is 16.9 Å². The number of halogens is 1. The Morgan fingerprint density at radius 1 is 0.958 bits per heavy atom. The highest BCUT2D eigenvalue weighted by molar-refractivity contribution is 6.53. The first-order chi connectivity index (χ1) is 11.5. The fraction of sp³-hybridized carbons (Fsp3) is 0. The van der Waals surface area contributed by atoms with E-state index in [4.69, 9.17) is 11.6 Å². The maximum Gasteiger partial charge on any atom is 0.337 e. The van der Waals surface area contributed by atoms with Crippen molar-refractivity contribution in [1.82, 2.24) is 0 Å². The Morgan fingerprint density at radius 3 is 2.25 bits per heavy atom. The van der Waals surface area contributed by atoms with Gasteiger partial charge < -0.3 is 10.4 Å². The molecule has 0 fully saturated rings. The maximum atomic E-state index is 12.6. The molecule has 2 amide bonds. The Morgan fingerprint density at radius 2 is 1.58 bits per heavy atom. The molecule has 0 aliphatic carbocycles. The molecule has 7 heteroatoms. The van der Waals surface area contributed by atoms with Crippen LogP contribution in [0.5, 0.6) is 0 Å². The van der Waals surface area contributed by atoms with E-state index < -0.39 is 17.8 Å². The van der Waals surface area contributed by atoms with Crippen LogP contribution >= 0.6 is 11.6 Å². The van der Waals surface area contributed by atoms with Crippen molar-refractivity contribution in [3.63, 3.8) is 0 Å². The van der Waals surface area contributed by atoms with Gasteiger partial charge in [0.2, 0.25) is 0 Å². The van der Waals surface area contributed by atoms with Crippen LogP contribution in [-0.2, 0) is 9.59 Å². The van der Waals surface area contributed by atoms with Gasteiger partial charge in [-0.3, -0.25) is 9.59 Å². The predicted octanol–water partition coefficient (Wildman–Crippen LogP) is 2.82. The van der Waals surface area contributed by atoms with E-state index in [1.807, 2.05) is 0 Å². The molecule has 0 atom stereocenters. The third-order valence-electron chi connectivity index (χ3n) is 3.46. The Balaban J connectivity index is 1.96. The van der Waals surface area contributed by atoms with E-state index in [1.165, 1.54) is 12.1 Å². The first-order valence-electron chi connectivity index (χ1n) is 6.93. The topological polar surface area (TPSA) is 86.7 Å². The molecule has 1 aliphatic heterocycles. The number of rotatable bonds is 4. The first kappa shape index (κ1) is 15.8. The van der Waals surface area contributed by atoms with Gasteiger partial charge in [-0.05, 0) is 24.3 Å². The summed E-state index contributed by atoms with van der Waals surface area (Å²) < 4.78 is 0. The van der Waals surface area contributed by atoms with Gasteiger partial charge in [0.1, 0.15) is 10.7 Å². The molecule has 0 spiro atoms. The van der Waals surface area contributed by atoms with Crippen LogP contribution in [0.2, 0.25) is 0 Å². The minimum atomic E-state index is -1.16. The molecule has 6 nitrogen and oxygen atoms in total. The quantitative estimate of drug-likeness (QED) is 0.834. The van der Waals surface area contributed by atoms with Crippen molar-refractivity contribution in [2.45, 2.75) is 0 Å². The molecule has 1 heterocycles. The van der Waals surface area contributed by atoms with Crippen LogP contribution < -0.4 is 10.2 Å². The molecule has 0 unspecified atom stereocenters. The molecule has 2 aromatic carbocycles. The SMILES string of the molecule is O=C(O)c1ccccc1NC1=C(Cl)C(=O)N(c2ccccc2)C1=O. The van der Waals surface area contributed by atoms with Gasteiger partial charge in [0.15, 0.2) is 0 Å². The lowest BCUT2D eigenvalue weighted by atomic mass is 10.1. The van der Waals surface area contributed by atoms with Crippen LogP contribution in [0.1, 0.15) is 10.4 Å². The van der Waals surface area contributed by atoms with Crippen molar-refractivity contribution in [3.05, 3.63) is 70.9 Å². The number of anilines is 2. The number of amides is 2. The average Bonchev–Trinajstić information content (AvgIpc) is 2.79. The zero-order valence-corrected chi connectivity index (χ0v) is 12.9. The number of imide groups is 1. The second kappa shape index (κ2) is 6.17. The van der Waals surface area contributed by atoms with Crippen molar-refractivity contribution in [2.75, 3.05) is 10.2 Å². The van der Waals surface area contributed by atoms with Crippen molar-refractivity contribution in [2.24, 2.45) is 0 Å². The molecule has 24 heavy (non-hydrogen) atoms. The molecule has 0 saturated heterocycles. The molecular weight excluding hydrogens is 332 g/mol. The number of hydrogen-bond donors (Lipinski definition) is 2. The Labute approximate surface area is 142 Å². The van der Waals surface area contributed by atoms with Gasteiger partial charge in [0, 0.05) is 0 Å². The summed E-state index contributed by atoms with van der Waals surface area (Å²) in [5, 5.41) is 11.6. The molecule has 2 N–H and O–H groups in total. The number of benzene rings is 2. The summed E-state index contributed by atoms with van der Waals surface area (Å²) in [4.78, 5) is 37.1. The number of nitrogens with one attached hydrogen (secondary N) is 1. The minimum Gasteiger partial charge on any atom is -0.478 e. The highest BCUT2D eigenvalue weighted by Gasteiger charge is 2.39. The molecule has 0 saturated carbocycles. The number of carbonyl (C=O) groups is 3. The number of hydrogen-bond acceptors (Lipinski definition) is 4. The normalized spacial score (nSPS) is 14.3. The third kappa shape index (κ3) is 2.63. The largest absolute Gasteiger partial charge is 0.478 e. The van der Waals surface area contributed by atoms with Crippen molar-refractivity contribution in [3.8, 4) is 0 Å². The van der Waals surface area contributed by atoms with E-state index in [2.05, 4.69) is 5.32 Å². The Bertz CT molecular complexity index is 877. The van der Waals surface area contributed by atoms with Crippen LogP contribution in [0.3, 0.4) is 0 Å². The second-order valence-electron chi connectivity index (χ2n) is 4.95. The van der Waals surface area contributed by atoms with E-state index in [-0.39, 0.29) is 22.0 Å². The molecule has 0 aromatic heterocycles. The van der Waals surface area contributed by atoms with Gasteiger partial charge in [-0.1, -0.05) is 41.9 Å². The monoisotopic (exact) mass is 342 g/mol. The van der Waals surface area contributed by atoms with Gasteiger partial charge in [-0.2, -0.15) is 0 Å². The Hall–Kier alpha value is -3.12. The lowest BCUT2D eigenvalue weighted by Crippen LogP contribution is -2.32. The van der Waals surface area contributed by atoms with Crippen LogP contribution in [0, 0.1) is 0 Å². The van der Waals surface area contributed by atoms with E-state index in [1.54, 1.807) is 42.5 Å². The van der Waals surface area contributed by atoms with Crippen molar-refractivity contribution >= 4 is 40.8 Å². The molecular formula is C17H11ClN2O4. The van der Waals surface area contributed by atoms with Crippen LogP contribution in [0.25, 0.3) is 0 Å². The summed E-state index contributed by atoms with van der Waals surface area (Å²) in [6, 6.07) is 14.4. The highest BCUT2D eigenvalue weighted by Crippen LogP contribution is 2.30. The first-order valence-corrected chi connectivity index (χ1v) is 7.31. The van der Waals surface area contributed by atoms with E-state index >= 15 is 0 Å².